The molecule has 0 radical (unpaired) electrons. The molecule has 1 rings (SSSR count). The normalized spacial score (nSPS) is 11.3. The minimum Gasteiger partial charge on any atom is -1.00 e. The van der Waals surface area contributed by atoms with E-state index in [4.69, 9.17) is 4.74 Å². The molecule has 1 aromatic heterocycles. The molecule has 0 N–H and O–H groups in total. The molecule has 0 aliphatic carbocycles. The molecule has 1 aromatic rings. The first-order valence-corrected chi connectivity index (χ1v) is 10.1. The number of hydrogen-bond donors (Lipinski definition) is 0. The molecule has 0 aliphatic heterocycles. The number of imidazole rings is 1. The zero-order valence-electron chi connectivity index (χ0n) is 9.66. The van der Waals surface area contributed by atoms with Crippen LogP contribution in [-0.4, -0.2) is 24.2 Å². The summed E-state index contributed by atoms with van der Waals surface area (Å²) in [6.45, 7) is 8.65. The van der Waals surface area contributed by atoms with E-state index >= 15 is 0 Å². The van der Waals surface area contributed by atoms with Gasteiger partial charge in [0.1, 0.15) is 0 Å². The molecule has 0 fully saturated rings. The Labute approximate surface area is 109 Å². The van der Waals surface area contributed by atoms with Crippen molar-refractivity contribution in [3.63, 3.8) is 0 Å². The summed E-state index contributed by atoms with van der Waals surface area (Å²) < 4.78 is 8.82. The van der Waals surface area contributed by atoms with Crippen LogP contribution in [0.1, 0.15) is 0 Å². The van der Waals surface area contributed by atoms with Crippen LogP contribution >= 0.6 is 0 Å². The van der Waals surface area contributed by atoms with Crippen molar-refractivity contribution in [1.29, 1.82) is 0 Å². The molecule has 82 valence electrons. The quantitative estimate of drug-likeness (QED) is 0.482. The Morgan fingerprint density at radius 1 is 1.47 bits per heavy atom. The molecule has 0 saturated heterocycles. The molecule has 6 heteroatoms. The van der Waals surface area contributed by atoms with Gasteiger partial charge in [-0.3, -0.25) is 0 Å². The van der Waals surface area contributed by atoms with Crippen molar-refractivity contribution in [3.8, 4) is 0 Å². The van der Waals surface area contributed by atoms with Crippen LogP contribution in [0.3, 0.4) is 0 Å². The number of hydrogen-bond acceptors (Lipinski definition) is 2. The van der Waals surface area contributed by atoms with Crippen LogP contribution in [0.25, 0.3) is 0 Å². The monoisotopic (exact) mass is 296 g/mol. The first-order chi connectivity index (χ1) is 6.49. The van der Waals surface area contributed by atoms with E-state index in [1.807, 2.05) is 12.4 Å². The molecular weight excluding hydrogens is 281 g/mol. The summed E-state index contributed by atoms with van der Waals surface area (Å²) in [7, 11) is -0.935. The fraction of sp³-hybridized carbons (Fsp3) is 0.667. The van der Waals surface area contributed by atoms with Crippen molar-refractivity contribution in [2.75, 3.05) is 6.61 Å². The maximum Gasteiger partial charge on any atom is -1.00 e. The van der Waals surface area contributed by atoms with Gasteiger partial charge in [-0.2, -0.15) is 0 Å². The van der Waals surface area contributed by atoms with Crippen LogP contribution in [0.15, 0.2) is 12.4 Å². The molecule has 0 unspecified atom stereocenters. The van der Waals surface area contributed by atoms with Crippen LogP contribution in [0.2, 0.25) is 25.7 Å². The van der Waals surface area contributed by atoms with Gasteiger partial charge in [-0.15, -0.1) is 0 Å². The fourth-order valence-corrected chi connectivity index (χ4v) is 2.41. The van der Waals surface area contributed by atoms with Crippen molar-refractivity contribution >= 4 is 12.5 Å². The van der Waals surface area contributed by atoms with Gasteiger partial charge in [0.05, 0.1) is 0 Å². The van der Waals surface area contributed by atoms with E-state index in [1.165, 1.54) is 6.04 Å². The number of rotatable bonds is 5. The third-order valence-corrected chi connectivity index (χ3v) is 4.97. The zero-order valence-corrected chi connectivity index (χ0v) is 14.4. The predicted molar refractivity (Wildman–Crippen MR) is 56.0 cm³/mol. The Kier molecular flexibility index (Phi) is 6.93. The summed E-state index contributed by atoms with van der Waals surface area (Å²) in [6, 6.07) is 1.23. The van der Waals surface area contributed by atoms with Gasteiger partial charge in [0.15, 0.2) is 0 Å². The number of ether oxygens (including phenoxy) is 1. The molecule has 0 spiro atoms. The molecule has 0 bridgehead atoms. The Balaban J connectivity index is 0.00000196. The molecule has 0 aromatic carbocycles. The van der Waals surface area contributed by atoms with E-state index in [-0.39, 0.29) is 12.4 Å². The first kappa shape index (κ1) is 15.3. The maximum atomic E-state index is 5.61. The fourth-order valence-electron chi connectivity index (χ4n) is 1.02. The van der Waals surface area contributed by atoms with Gasteiger partial charge < -0.3 is 12.4 Å². The Morgan fingerprint density at radius 3 is 2.60 bits per heavy atom. The van der Waals surface area contributed by atoms with Crippen LogP contribution in [0.5, 0.6) is 0 Å². The van der Waals surface area contributed by atoms with Gasteiger partial charge in [-0.1, -0.05) is 0 Å². The summed E-state index contributed by atoms with van der Waals surface area (Å²) >= 11 is 1.09. The van der Waals surface area contributed by atoms with Gasteiger partial charge in [0.2, 0.25) is 0 Å². The van der Waals surface area contributed by atoms with Crippen molar-refractivity contribution < 1.29 is 35.4 Å². The van der Waals surface area contributed by atoms with Crippen molar-refractivity contribution in [2.24, 2.45) is 0 Å². The van der Waals surface area contributed by atoms with Gasteiger partial charge in [-0.25, -0.2) is 0 Å². The topological polar surface area (TPSA) is 27.1 Å². The van der Waals surface area contributed by atoms with Gasteiger partial charge in [0.25, 0.3) is 0 Å². The summed E-state index contributed by atoms with van der Waals surface area (Å²) in [5, 5.41) is 0. The average Bonchev–Trinajstić information content (AvgIpc) is 2.44. The van der Waals surface area contributed by atoms with E-state index in [9.17, 15) is 0 Å². The van der Waals surface area contributed by atoms with E-state index in [2.05, 4.69) is 29.2 Å². The van der Waals surface area contributed by atoms with Crippen LogP contribution in [0.4, 0.5) is 0 Å². The summed E-state index contributed by atoms with van der Waals surface area (Å²) in [5.41, 5.74) is 0. The van der Waals surface area contributed by atoms with E-state index in [0.29, 0.717) is 6.73 Å². The number of aromatic nitrogens is 2. The second-order valence-corrected chi connectivity index (χ2v) is 11.6. The molecule has 0 aliphatic rings. The molecule has 1 heterocycles. The minimum absolute atomic E-state index is 0. The second-order valence-electron chi connectivity index (χ2n) is 4.66. The third kappa shape index (κ3) is 6.46. The number of nitrogens with zero attached hydrogens (tertiary/aromatic N) is 2. The van der Waals surface area contributed by atoms with Crippen LogP contribution in [0, 0.1) is 0 Å². The Hall–Kier alpha value is 0.300. The predicted octanol–water partition coefficient (Wildman–Crippen LogP) is -1.63. The number of halogens is 1. The average molecular weight is 298 g/mol. The van der Waals surface area contributed by atoms with Crippen molar-refractivity contribution in [3.05, 3.63) is 12.4 Å². The maximum absolute atomic E-state index is 5.61. The second kappa shape index (κ2) is 6.79. The molecule has 0 saturated carbocycles. The standard InChI is InChI=1S/C9H17N2OSi.ClH.Zn/c1-13(2,3)7-6-12-9-11-5-4-10-8-11;;/h4-5H,6-7,9H2,1-3H3;1H;/q;;+1/p-1. The van der Waals surface area contributed by atoms with Crippen molar-refractivity contribution in [1.82, 2.24) is 9.55 Å². The van der Waals surface area contributed by atoms with Gasteiger partial charge in [-0.05, 0) is 0 Å². The Bertz CT molecular complexity index is 288. The molecule has 15 heavy (non-hydrogen) atoms. The van der Waals surface area contributed by atoms with Crippen LogP contribution in [-0.2, 0) is 29.8 Å². The third-order valence-electron chi connectivity index (χ3n) is 2.03. The minimum atomic E-state index is -0.935. The zero-order chi connectivity index (χ0) is 10.6. The van der Waals surface area contributed by atoms with Crippen molar-refractivity contribution in [2.45, 2.75) is 32.4 Å². The van der Waals surface area contributed by atoms with Gasteiger partial charge in [0, 0.05) is 0 Å². The van der Waals surface area contributed by atoms with E-state index < -0.39 is 8.07 Å². The largest absolute Gasteiger partial charge is 1.00 e. The molecular formula is C9H17ClN2OSiZn. The Morgan fingerprint density at radius 2 is 2.13 bits per heavy atom. The molecule has 0 amide bonds. The summed E-state index contributed by atoms with van der Waals surface area (Å²) in [5.74, 6) is 0. The molecule has 3 nitrogen and oxygen atoms in total. The molecule has 0 atom stereocenters. The van der Waals surface area contributed by atoms with Gasteiger partial charge >= 0.3 is 96.5 Å². The van der Waals surface area contributed by atoms with E-state index in [0.717, 1.165) is 29.3 Å². The SMILES string of the molecule is C[Si](C)(C)CCOCn1ccn[c]1[Zn+].[Cl-]. The van der Waals surface area contributed by atoms with E-state index in [1.54, 1.807) is 0 Å². The summed E-state index contributed by atoms with van der Waals surface area (Å²) in [6.07, 6.45) is 3.81. The first-order valence-electron chi connectivity index (χ1n) is 4.90. The smallest absolute Gasteiger partial charge is 1.00 e. The van der Waals surface area contributed by atoms with Crippen LogP contribution < -0.4 is 16.8 Å². The summed E-state index contributed by atoms with van der Waals surface area (Å²) in [4.78, 5) is 4.19.